The minimum Gasteiger partial charge on any atom is -0.379 e. The van der Waals surface area contributed by atoms with E-state index in [2.05, 4.69) is 22.7 Å². The smallest absolute Gasteiger partial charge is 0.241 e. The van der Waals surface area contributed by atoms with Crippen molar-refractivity contribution in [3.8, 4) is 0 Å². The molecule has 0 bridgehead atoms. The summed E-state index contributed by atoms with van der Waals surface area (Å²) in [5.74, 6) is 1.32. The van der Waals surface area contributed by atoms with E-state index in [-0.39, 0.29) is 5.91 Å². The van der Waals surface area contributed by atoms with Gasteiger partial charge in [0.25, 0.3) is 0 Å². The SMILES string of the molecule is CC1SCCCC1Nc1cnn(CC(=O)NC2CC2)c1. The fourth-order valence-corrected chi connectivity index (χ4v) is 3.64. The molecule has 1 amide bonds. The average molecular weight is 294 g/mol. The number of nitrogens with zero attached hydrogens (tertiary/aromatic N) is 2. The van der Waals surface area contributed by atoms with Crippen LogP contribution in [0.25, 0.3) is 0 Å². The zero-order chi connectivity index (χ0) is 13.9. The number of amides is 1. The van der Waals surface area contributed by atoms with Crippen molar-refractivity contribution in [2.24, 2.45) is 0 Å². The molecule has 3 rings (SSSR count). The number of anilines is 1. The van der Waals surface area contributed by atoms with Crippen molar-refractivity contribution in [3.63, 3.8) is 0 Å². The molecule has 5 nitrogen and oxygen atoms in total. The molecule has 2 atom stereocenters. The molecular weight excluding hydrogens is 272 g/mol. The molecule has 2 aliphatic rings. The summed E-state index contributed by atoms with van der Waals surface area (Å²) in [4.78, 5) is 11.7. The molecule has 1 saturated heterocycles. The van der Waals surface area contributed by atoms with E-state index in [1.54, 1.807) is 4.68 Å². The Morgan fingerprint density at radius 2 is 2.35 bits per heavy atom. The second-order valence-corrected chi connectivity index (χ2v) is 7.22. The highest BCUT2D eigenvalue weighted by Crippen LogP contribution is 2.27. The van der Waals surface area contributed by atoms with E-state index in [9.17, 15) is 4.79 Å². The first-order chi connectivity index (χ1) is 9.70. The Kier molecular flexibility index (Phi) is 4.19. The second kappa shape index (κ2) is 6.08. The standard InChI is InChI=1S/C14H22N4OS/c1-10-13(3-2-6-20-10)16-12-7-15-18(8-12)9-14(19)17-11-4-5-11/h7-8,10-11,13,16H,2-6,9H2,1H3,(H,17,19). The molecular formula is C14H22N4OS. The van der Waals surface area contributed by atoms with Crippen LogP contribution in [0.15, 0.2) is 12.4 Å². The minimum absolute atomic E-state index is 0.0590. The third-order valence-corrected chi connectivity index (χ3v) is 5.22. The molecule has 1 aromatic heterocycles. The predicted molar refractivity (Wildman–Crippen MR) is 82.0 cm³/mol. The van der Waals surface area contributed by atoms with Crippen LogP contribution in [0.4, 0.5) is 5.69 Å². The monoisotopic (exact) mass is 294 g/mol. The van der Waals surface area contributed by atoms with E-state index in [1.807, 2.05) is 24.2 Å². The maximum Gasteiger partial charge on any atom is 0.241 e. The fraction of sp³-hybridized carbons (Fsp3) is 0.714. The van der Waals surface area contributed by atoms with Gasteiger partial charge in [-0.2, -0.15) is 16.9 Å². The Bertz CT molecular complexity index is 471. The Morgan fingerprint density at radius 3 is 3.10 bits per heavy atom. The first kappa shape index (κ1) is 13.8. The van der Waals surface area contributed by atoms with Crippen molar-refractivity contribution >= 4 is 23.4 Å². The number of nitrogens with one attached hydrogen (secondary N) is 2. The van der Waals surface area contributed by atoms with E-state index >= 15 is 0 Å². The van der Waals surface area contributed by atoms with E-state index in [4.69, 9.17) is 0 Å². The van der Waals surface area contributed by atoms with Crippen LogP contribution in [-0.2, 0) is 11.3 Å². The molecule has 0 spiro atoms. The van der Waals surface area contributed by atoms with Crippen molar-refractivity contribution in [3.05, 3.63) is 12.4 Å². The maximum absolute atomic E-state index is 11.7. The Hall–Kier alpha value is -1.17. The molecule has 1 aliphatic heterocycles. The second-order valence-electron chi connectivity index (χ2n) is 5.74. The van der Waals surface area contributed by atoms with Crippen LogP contribution in [0.2, 0.25) is 0 Å². The Balaban J connectivity index is 1.51. The molecule has 110 valence electrons. The lowest BCUT2D eigenvalue weighted by molar-refractivity contribution is -0.122. The zero-order valence-corrected chi connectivity index (χ0v) is 12.7. The lowest BCUT2D eigenvalue weighted by Gasteiger charge is -2.29. The third-order valence-electron chi connectivity index (χ3n) is 3.84. The third kappa shape index (κ3) is 3.69. The number of hydrogen-bond donors (Lipinski definition) is 2. The van der Waals surface area contributed by atoms with Gasteiger partial charge < -0.3 is 10.6 Å². The van der Waals surface area contributed by atoms with Gasteiger partial charge >= 0.3 is 0 Å². The van der Waals surface area contributed by atoms with Crippen molar-refractivity contribution in [2.45, 2.75) is 56.5 Å². The van der Waals surface area contributed by atoms with Gasteiger partial charge in [-0.25, -0.2) is 0 Å². The highest BCUT2D eigenvalue weighted by molar-refractivity contribution is 8.00. The zero-order valence-electron chi connectivity index (χ0n) is 11.8. The summed E-state index contributed by atoms with van der Waals surface area (Å²) in [5, 5.41) is 11.4. The van der Waals surface area contributed by atoms with E-state index in [0.717, 1.165) is 18.5 Å². The molecule has 1 saturated carbocycles. The van der Waals surface area contributed by atoms with E-state index in [1.165, 1.54) is 18.6 Å². The van der Waals surface area contributed by atoms with Crippen molar-refractivity contribution < 1.29 is 4.79 Å². The fourth-order valence-electron chi connectivity index (χ4n) is 2.50. The minimum atomic E-state index is 0.0590. The number of rotatable bonds is 5. The van der Waals surface area contributed by atoms with E-state index in [0.29, 0.717) is 23.9 Å². The maximum atomic E-state index is 11.7. The first-order valence-electron chi connectivity index (χ1n) is 7.40. The summed E-state index contributed by atoms with van der Waals surface area (Å²) in [6.45, 7) is 2.59. The van der Waals surface area contributed by atoms with Crippen LogP contribution < -0.4 is 10.6 Å². The van der Waals surface area contributed by atoms with Crippen LogP contribution >= 0.6 is 11.8 Å². The molecule has 1 aliphatic carbocycles. The van der Waals surface area contributed by atoms with Gasteiger partial charge in [-0.15, -0.1) is 0 Å². The van der Waals surface area contributed by atoms with Crippen LogP contribution in [0, 0.1) is 0 Å². The lowest BCUT2D eigenvalue weighted by Crippen LogP contribution is -2.32. The van der Waals surface area contributed by atoms with Gasteiger partial charge in [-0.05, 0) is 31.4 Å². The average Bonchev–Trinajstić information content (AvgIpc) is 3.12. The summed E-state index contributed by atoms with van der Waals surface area (Å²) in [7, 11) is 0. The number of hydrogen-bond acceptors (Lipinski definition) is 4. The number of carbonyl (C=O) groups is 1. The summed E-state index contributed by atoms with van der Waals surface area (Å²) in [6, 6.07) is 0.919. The van der Waals surface area contributed by atoms with E-state index < -0.39 is 0 Å². The number of aromatic nitrogens is 2. The quantitative estimate of drug-likeness (QED) is 0.870. The molecule has 2 fully saturated rings. The number of carbonyl (C=O) groups excluding carboxylic acids is 1. The molecule has 1 aromatic rings. The van der Waals surface area contributed by atoms with Crippen LogP contribution in [0.1, 0.15) is 32.6 Å². The van der Waals surface area contributed by atoms with Gasteiger partial charge in [0.15, 0.2) is 0 Å². The van der Waals surface area contributed by atoms with Crippen LogP contribution in [-0.4, -0.2) is 38.8 Å². The lowest BCUT2D eigenvalue weighted by atomic mass is 10.1. The Morgan fingerprint density at radius 1 is 1.50 bits per heavy atom. The molecule has 6 heteroatoms. The highest BCUT2D eigenvalue weighted by atomic mass is 32.2. The first-order valence-corrected chi connectivity index (χ1v) is 8.45. The molecule has 2 unspecified atom stereocenters. The molecule has 0 aromatic carbocycles. The summed E-state index contributed by atoms with van der Waals surface area (Å²) in [5.41, 5.74) is 1.02. The van der Waals surface area contributed by atoms with Gasteiger partial charge in [-0.3, -0.25) is 9.48 Å². The summed E-state index contributed by atoms with van der Waals surface area (Å²) >= 11 is 2.02. The normalized spacial score (nSPS) is 26.2. The topological polar surface area (TPSA) is 59.0 Å². The van der Waals surface area contributed by atoms with Crippen molar-refractivity contribution in [1.29, 1.82) is 0 Å². The highest BCUT2D eigenvalue weighted by Gasteiger charge is 2.24. The molecule has 20 heavy (non-hydrogen) atoms. The summed E-state index contributed by atoms with van der Waals surface area (Å²) < 4.78 is 1.71. The Labute approximate surface area is 123 Å². The van der Waals surface area contributed by atoms with Gasteiger partial charge in [0.1, 0.15) is 6.54 Å². The largest absolute Gasteiger partial charge is 0.379 e. The molecule has 2 N–H and O–H groups in total. The van der Waals surface area contributed by atoms with Crippen molar-refractivity contribution in [2.75, 3.05) is 11.1 Å². The van der Waals surface area contributed by atoms with Crippen LogP contribution in [0.3, 0.4) is 0 Å². The van der Waals surface area contributed by atoms with Crippen molar-refractivity contribution in [1.82, 2.24) is 15.1 Å². The van der Waals surface area contributed by atoms with Gasteiger partial charge in [0, 0.05) is 23.5 Å². The number of thioether (sulfide) groups is 1. The van der Waals surface area contributed by atoms with Gasteiger partial charge in [0.05, 0.1) is 11.9 Å². The van der Waals surface area contributed by atoms with Gasteiger partial charge in [-0.1, -0.05) is 6.92 Å². The predicted octanol–water partition coefficient (Wildman–Crippen LogP) is 1.86. The summed E-state index contributed by atoms with van der Waals surface area (Å²) in [6.07, 6.45) is 8.46. The van der Waals surface area contributed by atoms with Gasteiger partial charge in [0.2, 0.25) is 5.91 Å². The van der Waals surface area contributed by atoms with Crippen LogP contribution in [0.5, 0.6) is 0 Å². The molecule has 0 radical (unpaired) electrons. The molecule has 2 heterocycles.